The Bertz CT molecular complexity index is 651. The molecule has 29 heavy (non-hydrogen) atoms. The third-order valence-electron chi connectivity index (χ3n) is 9.95. The monoisotopic (exact) mass is 400 g/mol. The number of hydrogen-bond acceptors (Lipinski definition) is 2. The second kappa shape index (κ2) is 7.72. The number of carbonyl (C=O) groups is 1. The number of fused-ring (bicyclic) bond motifs is 5. The summed E-state index contributed by atoms with van der Waals surface area (Å²) in [5.74, 6) is 5.48. The Morgan fingerprint density at radius 1 is 1.14 bits per heavy atom. The lowest BCUT2D eigenvalue weighted by atomic mass is 9.47. The lowest BCUT2D eigenvalue weighted by Crippen LogP contribution is -2.57. The van der Waals surface area contributed by atoms with E-state index in [2.05, 4.69) is 47.6 Å². The number of esters is 1. The van der Waals surface area contributed by atoms with Gasteiger partial charge in [0.2, 0.25) is 0 Å². The molecule has 0 saturated heterocycles. The molecule has 2 heteroatoms. The molecule has 0 amide bonds. The minimum absolute atomic E-state index is 0.0490. The molecule has 3 aliphatic carbocycles. The van der Waals surface area contributed by atoms with Crippen LogP contribution in [-0.2, 0) is 9.53 Å². The van der Waals surface area contributed by atoms with Crippen LogP contribution in [0.25, 0.3) is 0 Å². The fourth-order valence-corrected chi connectivity index (χ4v) is 8.17. The van der Waals surface area contributed by atoms with Crippen LogP contribution in [-0.4, -0.2) is 12.1 Å². The standard InChI is InChI=1S/C27H44O2/c1-17(2)8-7-9-18(3)20-15-22-25-19(4)14-23-27(6,13-11-24(28)29-23)21(25)10-12-26(22,5)16-20/h11,13,17-23,25H,7-10,12,14-16H2,1-6H3/t18?,19-,20-,21-,22-,23+,25+,26+,27+/m0/s1. The van der Waals surface area contributed by atoms with Crippen molar-refractivity contribution in [3.8, 4) is 0 Å². The Labute approximate surface area is 179 Å². The minimum Gasteiger partial charge on any atom is -0.458 e. The normalized spacial score (nSPS) is 47.3. The van der Waals surface area contributed by atoms with Crippen LogP contribution in [0.3, 0.4) is 0 Å². The Hall–Kier alpha value is -0.790. The van der Waals surface area contributed by atoms with Gasteiger partial charge in [-0.1, -0.05) is 66.9 Å². The van der Waals surface area contributed by atoms with Crippen molar-refractivity contribution in [3.63, 3.8) is 0 Å². The van der Waals surface area contributed by atoms with Crippen molar-refractivity contribution in [1.29, 1.82) is 0 Å². The van der Waals surface area contributed by atoms with Gasteiger partial charge in [0, 0.05) is 11.5 Å². The van der Waals surface area contributed by atoms with Crippen LogP contribution in [0.2, 0.25) is 0 Å². The van der Waals surface area contributed by atoms with Crippen LogP contribution in [0.1, 0.15) is 92.9 Å². The van der Waals surface area contributed by atoms with Gasteiger partial charge < -0.3 is 4.74 Å². The molecular weight excluding hydrogens is 356 g/mol. The Morgan fingerprint density at radius 3 is 2.62 bits per heavy atom. The van der Waals surface area contributed by atoms with E-state index < -0.39 is 0 Å². The van der Waals surface area contributed by atoms with Crippen molar-refractivity contribution in [2.24, 2.45) is 52.3 Å². The van der Waals surface area contributed by atoms with Crippen molar-refractivity contribution in [1.82, 2.24) is 0 Å². The Balaban J connectivity index is 1.51. The predicted molar refractivity (Wildman–Crippen MR) is 119 cm³/mol. The molecule has 2 nitrogen and oxygen atoms in total. The smallest absolute Gasteiger partial charge is 0.330 e. The molecule has 1 unspecified atom stereocenters. The van der Waals surface area contributed by atoms with Crippen molar-refractivity contribution in [3.05, 3.63) is 12.2 Å². The zero-order chi connectivity index (χ0) is 21.0. The molecule has 0 spiro atoms. The SMILES string of the molecule is CC(C)CCCC(C)[C@H]1C[C@H]2[C@@H]3[C@@H](C)C[C@H]4OC(=O)C=C[C@]4(C)[C@H]3CC[C@]2(C)C1. The van der Waals surface area contributed by atoms with E-state index in [1.54, 1.807) is 6.08 Å². The highest BCUT2D eigenvalue weighted by molar-refractivity contribution is 5.83. The van der Waals surface area contributed by atoms with Crippen LogP contribution in [0.15, 0.2) is 12.2 Å². The number of rotatable bonds is 5. The maximum absolute atomic E-state index is 11.9. The zero-order valence-electron chi connectivity index (χ0n) is 19.7. The topological polar surface area (TPSA) is 26.3 Å². The van der Waals surface area contributed by atoms with Gasteiger partial charge in [-0.15, -0.1) is 0 Å². The fraction of sp³-hybridized carbons (Fsp3) is 0.889. The summed E-state index contributed by atoms with van der Waals surface area (Å²) in [6.07, 6.45) is 14.8. The van der Waals surface area contributed by atoms with Crippen LogP contribution < -0.4 is 0 Å². The highest BCUT2D eigenvalue weighted by atomic mass is 16.5. The predicted octanol–water partition coefficient (Wildman–Crippen LogP) is 7.04. The van der Waals surface area contributed by atoms with Gasteiger partial charge in [0.25, 0.3) is 0 Å². The van der Waals surface area contributed by atoms with Gasteiger partial charge in [-0.3, -0.25) is 0 Å². The van der Waals surface area contributed by atoms with E-state index in [4.69, 9.17) is 4.74 Å². The van der Waals surface area contributed by atoms with Crippen LogP contribution in [0, 0.1) is 52.3 Å². The summed E-state index contributed by atoms with van der Waals surface area (Å²) in [7, 11) is 0. The van der Waals surface area contributed by atoms with E-state index in [9.17, 15) is 4.79 Å². The minimum atomic E-state index is -0.130. The molecule has 4 aliphatic rings. The van der Waals surface area contributed by atoms with Crippen LogP contribution in [0.4, 0.5) is 0 Å². The Morgan fingerprint density at radius 2 is 1.90 bits per heavy atom. The fourth-order valence-electron chi connectivity index (χ4n) is 8.17. The van der Waals surface area contributed by atoms with E-state index in [1.807, 2.05) is 0 Å². The first-order valence-electron chi connectivity index (χ1n) is 12.5. The molecule has 0 radical (unpaired) electrons. The van der Waals surface area contributed by atoms with Gasteiger partial charge in [0.1, 0.15) is 6.10 Å². The lowest BCUT2D eigenvalue weighted by molar-refractivity contribution is -0.173. The van der Waals surface area contributed by atoms with Crippen LogP contribution in [0.5, 0.6) is 0 Å². The summed E-state index contributed by atoms with van der Waals surface area (Å²) < 4.78 is 5.85. The summed E-state index contributed by atoms with van der Waals surface area (Å²) in [6.45, 7) is 14.7. The molecule has 3 saturated carbocycles. The molecule has 1 heterocycles. The molecule has 0 N–H and O–H groups in total. The molecule has 164 valence electrons. The summed E-state index contributed by atoms with van der Waals surface area (Å²) in [4.78, 5) is 11.9. The largest absolute Gasteiger partial charge is 0.458 e. The average Bonchev–Trinajstić information content (AvgIpc) is 3.00. The maximum Gasteiger partial charge on any atom is 0.330 e. The molecule has 0 bridgehead atoms. The second-order valence-corrected chi connectivity index (χ2v) is 12.3. The molecule has 1 aliphatic heterocycles. The van der Waals surface area contributed by atoms with Gasteiger partial charge in [0.15, 0.2) is 0 Å². The third kappa shape index (κ3) is 3.72. The molecule has 3 fully saturated rings. The van der Waals surface area contributed by atoms with Gasteiger partial charge in [-0.05, 0) is 78.9 Å². The Kier molecular flexibility index (Phi) is 5.71. The zero-order valence-corrected chi connectivity index (χ0v) is 19.7. The summed E-state index contributed by atoms with van der Waals surface area (Å²) >= 11 is 0. The highest BCUT2D eigenvalue weighted by Crippen LogP contribution is 2.66. The third-order valence-corrected chi connectivity index (χ3v) is 9.95. The summed E-state index contributed by atoms with van der Waals surface area (Å²) in [6, 6.07) is 0. The van der Waals surface area contributed by atoms with Crippen molar-refractivity contribution >= 4 is 5.97 Å². The van der Waals surface area contributed by atoms with Crippen LogP contribution >= 0.6 is 0 Å². The van der Waals surface area contributed by atoms with Gasteiger partial charge in [0.05, 0.1) is 0 Å². The van der Waals surface area contributed by atoms with E-state index in [-0.39, 0.29) is 17.5 Å². The lowest BCUT2D eigenvalue weighted by Gasteiger charge is -2.59. The van der Waals surface area contributed by atoms with Crippen molar-refractivity contribution in [2.75, 3.05) is 0 Å². The average molecular weight is 401 g/mol. The highest BCUT2D eigenvalue weighted by Gasteiger charge is 2.61. The van der Waals surface area contributed by atoms with E-state index in [0.29, 0.717) is 17.3 Å². The van der Waals surface area contributed by atoms with E-state index >= 15 is 0 Å². The summed E-state index contributed by atoms with van der Waals surface area (Å²) in [5.41, 5.74) is 0.581. The molecule has 0 aromatic heterocycles. The molecule has 4 rings (SSSR count). The van der Waals surface area contributed by atoms with E-state index in [1.165, 1.54) is 44.9 Å². The molecular formula is C27H44O2. The van der Waals surface area contributed by atoms with Crippen molar-refractivity contribution in [2.45, 2.75) is 99.0 Å². The summed E-state index contributed by atoms with van der Waals surface area (Å²) in [5, 5.41) is 0. The quantitative estimate of drug-likeness (QED) is 0.463. The number of hydrogen-bond donors (Lipinski definition) is 0. The second-order valence-electron chi connectivity index (χ2n) is 12.3. The molecule has 9 atom stereocenters. The molecule has 0 aromatic carbocycles. The number of carbonyl (C=O) groups excluding carboxylic acids is 1. The molecule has 0 aromatic rings. The van der Waals surface area contributed by atoms with Gasteiger partial charge in [-0.2, -0.15) is 0 Å². The van der Waals surface area contributed by atoms with Crippen molar-refractivity contribution < 1.29 is 9.53 Å². The van der Waals surface area contributed by atoms with Gasteiger partial charge in [-0.25, -0.2) is 4.79 Å². The van der Waals surface area contributed by atoms with Gasteiger partial charge >= 0.3 is 5.97 Å². The van der Waals surface area contributed by atoms with E-state index in [0.717, 1.165) is 36.0 Å². The first kappa shape index (κ1) is 21.4. The maximum atomic E-state index is 11.9. The number of ether oxygens (including phenoxy) is 1. The first-order chi connectivity index (χ1) is 13.6. The first-order valence-corrected chi connectivity index (χ1v) is 12.5.